The molecule has 0 atom stereocenters. The second kappa shape index (κ2) is 2.84. The zero-order chi connectivity index (χ0) is 7.40. The first kappa shape index (κ1) is 6.57. The van der Waals surface area contributed by atoms with Gasteiger partial charge < -0.3 is 0 Å². The number of hydrogen-bond donors (Lipinski definition) is 0. The molecular weight excluding hydrogens is 122 g/mol. The SMILES string of the molecule is C#Cc1ccc(N=C)cc1. The smallest absolute Gasteiger partial charge is 0.0623 e. The zero-order valence-electron chi connectivity index (χ0n) is 5.54. The molecule has 1 aromatic carbocycles. The molecule has 0 spiro atoms. The Kier molecular flexibility index (Phi) is 1.86. The van der Waals surface area contributed by atoms with Crippen LogP contribution in [0.3, 0.4) is 0 Å². The topological polar surface area (TPSA) is 12.4 Å². The summed E-state index contributed by atoms with van der Waals surface area (Å²) in [6.45, 7) is 3.38. The summed E-state index contributed by atoms with van der Waals surface area (Å²) in [5.74, 6) is 2.52. The Balaban J connectivity index is 3.04. The summed E-state index contributed by atoms with van der Waals surface area (Å²) in [5, 5.41) is 0. The van der Waals surface area contributed by atoms with Crippen LogP contribution in [0.25, 0.3) is 0 Å². The minimum absolute atomic E-state index is 0.846. The Morgan fingerprint density at radius 3 is 2.30 bits per heavy atom. The molecule has 0 amide bonds. The van der Waals surface area contributed by atoms with Crippen LogP contribution in [-0.4, -0.2) is 6.72 Å². The molecule has 0 aromatic heterocycles. The van der Waals surface area contributed by atoms with Gasteiger partial charge in [0, 0.05) is 5.56 Å². The molecule has 0 N–H and O–H groups in total. The second-order valence-corrected chi connectivity index (χ2v) is 1.85. The summed E-state index contributed by atoms with van der Waals surface area (Å²) in [5.41, 5.74) is 1.71. The summed E-state index contributed by atoms with van der Waals surface area (Å²) in [6.07, 6.45) is 5.15. The van der Waals surface area contributed by atoms with Crippen LogP contribution >= 0.6 is 0 Å². The highest BCUT2D eigenvalue weighted by Crippen LogP contribution is 2.10. The van der Waals surface area contributed by atoms with Crippen LogP contribution in [0.2, 0.25) is 0 Å². The molecule has 0 fully saturated rings. The van der Waals surface area contributed by atoms with Gasteiger partial charge in [-0.2, -0.15) is 0 Å². The lowest BCUT2D eigenvalue weighted by Gasteiger charge is -1.90. The highest BCUT2D eigenvalue weighted by Gasteiger charge is 1.85. The Morgan fingerprint density at radius 1 is 1.30 bits per heavy atom. The predicted octanol–water partition coefficient (Wildman–Crippen LogP) is 2.00. The van der Waals surface area contributed by atoms with Crippen LogP contribution in [0.15, 0.2) is 29.3 Å². The first-order valence-corrected chi connectivity index (χ1v) is 2.90. The number of aliphatic imine (C=N–C) groups is 1. The number of terminal acetylenes is 1. The molecule has 0 saturated carbocycles. The molecule has 0 aliphatic rings. The van der Waals surface area contributed by atoms with Gasteiger partial charge in [-0.15, -0.1) is 6.42 Å². The number of rotatable bonds is 1. The van der Waals surface area contributed by atoms with Crippen LogP contribution in [0.4, 0.5) is 5.69 Å². The molecule has 1 nitrogen and oxygen atoms in total. The summed E-state index contributed by atoms with van der Waals surface area (Å²) < 4.78 is 0. The highest BCUT2D eigenvalue weighted by molar-refractivity contribution is 5.48. The van der Waals surface area contributed by atoms with Crippen molar-refractivity contribution in [3.8, 4) is 12.3 Å². The van der Waals surface area contributed by atoms with Gasteiger partial charge in [-0.05, 0) is 31.0 Å². The van der Waals surface area contributed by atoms with E-state index in [1.54, 1.807) is 0 Å². The van der Waals surface area contributed by atoms with Gasteiger partial charge in [0.1, 0.15) is 0 Å². The van der Waals surface area contributed by atoms with E-state index in [0.29, 0.717) is 0 Å². The molecule has 1 rings (SSSR count). The molecule has 48 valence electrons. The molecule has 0 saturated heterocycles. The van der Waals surface area contributed by atoms with Gasteiger partial charge in [-0.25, -0.2) is 0 Å². The van der Waals surface area contributed by atoms with Gasteiger partial charge in [-0.1, -0.05) is 5.92 Å². The Morgan fingerprint density at radius 2 is 1.90 bits per heavy atom. The fourth-order valence-corrected chi connectivity index (χ4v) is 0.663. The first-order chi connectivity index (χ1) is 4.86. The molecule has 1 heteroatoms. The average molecular weight is 129 g/mol. The lowest BCUT2D eigenvalue weighted by atomic mass is 10.2. The minimum atomic E-state index is 0.846. The van der Waals surface area contributed by atoms with Crippen LogP contribution in [0, 0.1) is 12.3 Å². The van der Waals surface area contributed by atoms with E-state index in [1.165, 1.54) is 0 Å². The largest absolute Gasteiger partial charge is 0.265 e. The zero-order valence-corrected chi connectivity index (χ0v) is 5.54. The van der Waals surface area contributed by atoms with Crippen molar-refractivity contribution in [2.45, 2.75) is 0 Å². The summed E-state index contributed by atoms with van der Waals surface area (Å²) in [4.78, 5) is 3.73. The van der Waals surface area contributed by atoms with Crippen LogP contribution in [0.1, 0.15) is 5.56 Å². The maximum absolute atomic E-state index is 5.15. The third-order valence-electron chi connectivity index (χ3n) is 1.22. The number of hydrogen-bond acceptors (Lipinski definition) is 1. The van der Waals surface area contributed by atoms with Gasteiger partial charge in [0.15, 0.2) is 0 Å². The fraction of sp³-hybridized carbons (Fsp3) is 0. The summed E-state index contributed by atoms with van der Waals surface area (Å²) >= 11 is 0. The van der Waals surface area contributed by atoms with Gasteiger partial charge >= 0.3 is 0 Å². The Hall–Kier alpha value is -1.55. The maximum Gasteiger partial charge on any atom is 0.0623 e. The molecule has 0 radical (unpaired) electrons. The second-order valence-electron chi connectivity index (χ2n) is 1.85. The number of benzene rings is 1. The van der Waals surface area contributed by atoms with Crippen molar-refractivity contribution in [1.82, 2.24) is 0 Å². The fourth-order valence-electron chi connectivity index (χ4n) is 0.663. The van der Waals surface area contributed by atoms with E-state index in [1.807, 2.05) is 24.3 Å². The van der Waals surface area contributed by atoms with Crippen molar-refractivity contribution < 1.29 is 0 Å². The van der Waals surface area contributed by atoms with Crippen molar-refractivity contribution in [1.29, 1.82) is 0 Å². The van der Waals surface area contributed by atoms with Gasteiger partial charge in [0.2, 0.25) is 0 Å². The quantitative estimate of drug-likeness (QED) is 0.406. The van der Waals surface area contributed by atoms with Gasteiger partial charge in [0.05, 0.1) is 5.69 Å². The lowest BCUT2D eigenvalue weighted by molar-refractivity contribution is 1.53. The lowest BCUT2D eigenvalue weighted by Crippen LogP contribution is -1.69. The first-order valence-electron chi connectivity index (χ1n) is 2.90. The Bertz CT molecular complexity index is 264. The van der Waals surface area contributed by atoms with E-state index >= 15 is 0 Å². The van der Waals surface area contributed by atoms with Gasteiger partial charge in [-0.3, -0.25) is 4.99 Å². The van der Waals surface area contributed by atoms with Crippen molar-refractivity contribution >= 4 is 12.4 Å². The molecule has 10 heavy (non-hydrogen) atoms. The summed E-state index contributed by atoms with van der Waals surface area (Å²) in [7, 11) is 0. The third-order valence-corrected chi connectivity index (χ3v) is 1.22. The predicted molar refractivity (Wildman–Crippen MR) is 43.6 cm³/mol. The standard InChI is InChI=1S/C9H7N/c1-3-8-4-6-9(10-2)7-5-8/h1,4-7H,2H2. The van der Waals surface area contributed by atoms with Crippen LogP contribution < -0.4 is 0 Å². The normalized spacial score (nSPS) is 8.30. The van der Waals surface area contributed by atoms with E-state index < -0.39 is 0 Å². The molecular formula is C9H7N. The van der Waals surface area contributed by atoms with E-state index in [-0.39, 0.29) is 0 Å². The van der Waals surface area contributed by atoms with Crippen molar-refractivity contribution in [2.24, 2.45) is 4.99 Å². The van der Waals surface area contributed by atoms with E-state index in [4.69, 9.17) is 6.42 Å². The average Bonchev–Trinajstić information content (AvgIpc) is 2.05. The maximum atomic E-state index is 5.15. The molecule has 0 heterocycles. The molecule has 0 aliphatic carbocycles. The van der Waals surface area contributed by atoms with E-state index in [0.717, 1.165) is 11.3 Å². The highest BCUT2D eigenvalue weighted by atomic mass is 14.7. The van der Waals surface area contributed by atoms with Crippen LogP contribution in [-0.2, 0) is 0 Å². The van der Waals surface area contributed by atoms with Crippen molar-refractivity contribution in [2.75, 3.05) is 0 Å². The molecule has 1 aromatic rings. The summed E-state index contributed by atoms with van der Waals surface area (Å²) in [6, 6.07) is 7.35. The van der Waals surface area contributed by atoms with Crippen molar-refractivity contribution in [3.05, 3.63) is 29.8 Å². The minimum Gasteiger partial charge on any atom is -0.265 e. The Labute approximate surface area is 60.4 Å². The van der Waals surface area contributed by atoms with E-state index in [2.05, 4.69) is 17.6 Å². The molecule has 0 aliphatic heterocycles. The molecule has 0 unspecified atom stereocenters. The van der Waals surface area contributed by atoms with E-state index in [9.17, 15) is 0 Å². The molecule has 0 bridgehead atoms. The number of nitrogens with zero attached hydrogens (tertiary/aromatic N) is 1. The van der Waals surface area contributed by atoms with Crippen LogP contribution in [0.5, 0.6) is 0 Å². The van der Waals surface area contributed by atoms with Crippen molar-refractivity contribution in [3.63, 3.8) is 0 Å². The third kappa shape index (κ3) is 1.24. The monoisotopic (exact) mass is 129 g/mol. The van der Waals surface area contributed by atoms with Gasteiger partial charge in [0.25, 0.3) is 0 Å².